The van der Waals surface area contributed by atoms with Gasteiger partial charge in [0.1, 0.15) is 11.8 Å². The summed E-state index contributed by atoms with van der Waals surface area (Å²) < 4.78 is 7.85. The van der Waals surface area contributed by atoms with Crippen molar-refractivity contribution in [2.24, 2.45) is 5.92 Å². The molecule has 0 aromatic carbocycles. The van der Waals surface area contributed by atoms with E-state index in [1.165, 1.54) is 24.1 Å². The van der Waals surface area contributed by atoms with Gasteiger partial charge in [0.2, 0.25) is 0 Å². The van der Waals surface area contributed by atoms with Crippen molar-refractivity contribution in [2.45, 2.75) is 64.1 Å². The van der Waals surface area contributed by atoms with E-state index in [2.05, 4.69) is 15.5 Å². The topological polar surface area (TPSA) is 111 Å². The normalized spacial score (nSPS) is 16.0. The van der Waals surface area contributed by atoms with Crippen LogP contribution in [-0.4, -0.2) is 43.3 Å². The molecule has 1 atom stereocenters. The molecule has 2 heterocycles. The van der Waals surface area contributed by atoms with Crippen molar-refractivity contribution in [3.63, 3.8) is 0 Å². The fourth-order valence-corrected chi connectivity index (χ4v) is 3.75. The van der Waals surface area contributed by atoms with Gasteiger partial charge < -0.3 is 15.2 Å². The Kier molecular flexibility index (Phi) is 6.36. The molecule has 0 saturated heterocycles. The quantitative estimate of drug-likeness (QED) is 0.697. The van der Waals surface area contributed by atoms with Crippen LogP contribution in [0.2, 0.25) is 0 Å². The van der Waals surface area contributed by atoms with Crippen molar-refractivity contribution in [3.8, 4) is 5.75 Å². The van der Waals surface area contributed by atoms with Crippen molar-refractivity contribution in [1.29, 1.82) is 0 Å². The number of aliphatic hydroxyl groups is 1. The zero-order valence-corrected chi connectivity index (χ0v) is 17.2. The number of hydrogen-bond donors (Lipinski definition) is 2. The van der Waals surface area contributed by atoms with Gasteiger partial charge in [-0.25, -0.2) is 4.68 Å². The highest BCUT2D eigenvalue weighted by molar-refractivity contribution is 5.92. The number of carbonyl (C=O) groups is 1. The minimum absolute atomic E-state index is 0.299. The number of aromatic nitrogens is 4. The fourth-order valence-electron chi connectivity index (χ4n) is 3.75. The molecule has 0 spiro atoms. The Morgan fingerprint density at radius 3 is 2.76 bits per heavy atom. The van der Waals surface area contributed by atoms with Gasteiger partial charge in [-0.05, 0) is 26.2 Å². The number of nitrogens with zero attached hydrogens (tertiary/aromatic N) is 4. The number of ether oxygens (including phenoxy) is 1. The molecule has 9 heteroatoms. The molecule has 9 nitrogen and oxygen atoms in total. The minimum atomic E-state index is -0.918. The Hall–Kier alpha value is -2.68. The van der Waals surface area contributed by atoms with Crippen LogP contribution in [-0.2, 0) is 11.3 Å². The Bertz CT molecular complexity index is 893. The lowest BCUT2D eigenvalue weighted by molar-refractivity contribution is -0.120. The van der Waals surface area contributed by atoms with Gasteiger partial charge in [0.25, 0.3) is 11.5 Å². The summed E-state index contributed by atoms with van der Waals surface area (Å²) >= 11 is 0. The van der Waals surface area contributed by atoms with Crippen LogP contribution in [0, 0.1) is 5.92 Å². The summed E-state index contributed by atoms with van der Waals surface area (Å²) in [5.41, 5.74) is -1.30. The predicted molar refractivity (Wildman–Crippen MR) is 108 cm³/mol. The molecule has 0 bridgehead atoms. The Morgan fingerprint density at radius 1 is 1.41 bits per heavy atom. The number of rotatable bonds is 8. The maximum absolute atomic E-state index is 13.1. The Morgan fingerprint density at radius 2 is 2.14 bits per heavy atom. The third-order valence-corrected chi connectivity index (χ3v) is 5.11. The lowest BCUT2D eigenvalue weighted by Crippen LogP contribution is -2.36. The molecule has 2 N–H and O–H groups in total. The van der Waals surface area contributed by atoms with Gasteiger partial charge in [-0.1, -0.05) is 25.7 Å². The van der Waals surface area contributed by atoms with Crippen LogP contribution >= 0.6 is 0 Å². The lowest BCUT2D eigenvalue weighted by atomic mass is 9.98. The highest BCUT2D eigenvalue weighted by Crippen LogP contribution is 2.32. The molecule has 1 amide bonds. The molecule has 2 aromatic heterocycles. The summed E-state index contributed by atoms with van der Waals surface area (Å²) in [5, 5.41) is 21.2. The van der Waals surface area contributed by atoms with Crippen LogP contribution in [0.25, 0.3) is 0 Å². The maximum atomic E-state index is 13.1. The maximum Gasteiger partial charge on any atom is 0.271 e. The standard InChI is InChI=1S/C20H29N5O4/c1-20(2,28)13-24-9-8-17(23-24)22-19(27)16(10-14-6-4-5-7-14)25-18(26)11-15(29-3)12-21-25/h8-9,11-12,14,16,28H,4-7,10,13H2,1-3H3,(H,22,23,27). The van der Waals surface area contributed by atoms with E-state index in [0.29, 0.717) is 30.5 Å². The van der Waals surface area contributed by atoms with E-state index in [1.54, 1.807) is 30.8 Å². The van der Waals surface area contributed by atoms with Gasteiger partial charge in [0, 0.05) is 18.3 Å². The zero-order chi connectivity index (χ0) is 21.0. The monoisotopic (exact) mass is 403 g/mol. The summed E-state index contributed by atoms with van der Waals surface area (Å²) in [6.07, 6.45) is 8.07. The summed E-state index contributed by atoms with van der Waals surface area (Å²) in [6, 6.07) is 2.27. The smallest absolute Gasteiger partial charge is 0.271 e. The SMILES string of the molecule is COc1cnn(C(CC2CCCC2)C(=O)Nc2ccn(CC(C)(C)O)n2)c(=O)c1. The molecule has 1 aliphatic rings. The second-order valence-corrected chi connectivity index (χ2v) is 8.28. The first-order valence-electron chi connectivity index (χ1n) is 9.95. The van der Waals surface area contributed by atoms with Crippen LogP contribution in [0.1, 0.15) is 52.0 Å². The fraction of sp³-hybridized carbons (Fsp3) is 0.600. The van der Waals surface area contributed by atoms with E-state index in [4.69, 9.17) is 4.74 Å². The van der Waals surface area contributed by atoms with E-state index < -0.39 is 11.6 Å². The van der Waals surface area contributed by atoms with Crippen molar-refractivity contribution >= 4 is 11.7 Å². The van der Waals surface area contributed by atoms with E-state index in [-0.39, 0.29) is 11.5 Å². The second-order valence-electron chi connectivity index (χ2n) is 8.28. The van der Waals surface area contributed by atoms with E-state index in [0.717, 1.165) is 25.7 Å². The molecule has 1 unspecified atom stereocenters. The number of anilines is 1. The average Bonchev–Trinajstić information content (AvgIpc) is 3.30. The summed E-state index contributed by atoms with van der Waals surface area (Å²) in [6.45, 7) is 3.67. The number of hydrogen-bond acceptors (Lipinski definition) is 6. The van der Waals surface area contributed by atoms with E-state index >= 15 is 0 Å². The van der Waals surface area contributed by atoms with Gasteiger partial charge in [-0.3, -0.25) is 14.3 Å². The molecule has 0 aliphatic heterocycles. The number of methoxy groups -OCH3 is 1. The van der Waals surface area contributed by atoms with Crippen molar-refractivity contribution in [3.05, 3.63) is 34.9 Å². The highest BCUT2D eigenvalue weighted by Gasteiger charge is 2.29. The van der Waals surface area contributed by atoms with Crippen molar-refractivity contribution in [2.75, 3.05) is 12.4 Å². The Balaban J connectivity index is 1.80. The van der Waals surface area contributed by atoms with Crippen molar-refractivity contribution < 1.29 is 14.6 Å². The molecule has 2 aromatic rings. The van der Waals surface area contributed by atoms with Crippen LogP contribution < -0.4 is 15.6 Å². The zero-order valence-electron chi connectivity index (χ0n) is 17.2. The third-order valence-electron chi connectivity index (χ3n) is 5.11. The summed E-state index contributed by atoms with van der Waals surface area (Å²) in [4.78, 5) is 25.6. The molecular formula is C20H29N5O4. The predicted octanol–water partition coefficient (Wildman–Crippen LogP) is 1.98. The van der Waals surface area contributed by atoms with Gasteiger partial charge in [0.05, 0.1) is 25.5 Å². The first-order valence-corrected chi connectivity index (χ1v) is 9.95. The molecule has 1 fully saturated rings. The van der Waals surface area contributed by atoms with Gasteiger partial charge in [-0.2, -0.15) is 10.2 Å². The third kappa shape index (κ3) is 5.66. The van der Waals surface area contributed by atoms with Gasteiger partial charge in [0.15, 0.2) is 5.82 Å². The minimum Gasteiger partial charge on any atom is -0.495 e. The molecule has 0 radical (unpaired) electrons. The molecule has 29 heavy (non-hydrogen) atoms. The number of amides is 1. The molecular weight excluding hydrogens is 374 g/mol. The number of nitrogens with one attached hydrogen (secondary N) is 1. The highest BCUT2D eigenvalue weighted by atomic mass is 16.5. The molecule has 3 rings (SSSR count). The molecule has 158 valence electrons. The average molecular weight is 403 g/mol. The molecule has 1 saturated carbocycles. The van der Waals surface area contributed by atoms with Crippen LogP contribution in [0.4, 0.5) is 5.82 Å². The van der Waals surface area contributed by atoms with E-state index in [9.17, 15) is 14.7 Å². The van der Waals surface area contributed by atoms with Crippen LogP contribution in [0.5, 0.6) is 5.75 Å². The first kappa shape index (κ1) is 21.0. The number of carbonyl (C=O) groups excluding carboxylic acids is 1. The van der Waals surface area contributed by atoms with Gasteiger partial charge in [-0.15, -0.1) is 0 Å². The second kappa shape index (κ2) is 8.77. The largest absolute Gasteiger partial charge is 0.495 e. The lowest BCUT2D eigenvalue weighted by Gasteiger charge is -2.21. The van der Waals surface area contributed by atoms with Crippen LogP contribution in [0.3, 0.4) is 0 Å². The first-order chi connectivity index (χ1) is 13.7. The summed E-state index contributed by atoms with van der Waals surface area (Å²) in [7, 11) is 1.47. The van der Waals surface area contributed by atoms with Crippen LogP contribution in [0.15, 0.2) is 29.3 Å². The van der Waals surface area contributed by atoms with Gasteiger partial charge >= 0.3 is 0 Å². The summed E-state index contributed by atoms with van der Waals surface area (Å²) in [5.74, 6) is 0.786. The Labute approximate surface area is 169 Å². The van der Waals surface area contributed by atoms with E-state index in [1.807, 2.05) is 0 Å². The van der Waals surface area contributed by atoms with Crippen molar-refractivity contribution in [1.82, 2.24) is 19.6 Å². The molecule has 1 aliphatic carbocycles.